The van der Waals surface area contributed by atoms with Gasteiger partial charge in [0.2, 0.25) is 0 Å². The highest BCUT2D eigenvalue weighted by molar-refractivity contribution is 6.31. The number of carbonyl (C=O) groups excluding carboxylic acids is 1. The van der Waals surface area contributed by atoms with Crippen molar-refractivity contribution in [2.45, 2.75) is 0 Å². The molecule has 0 atom stereocenters. The molecule has 0 aliphatic heterocycles. The van der Waals surface area contributed by atoms with Crippen LogP contribution >= 0.6 is 11.6 Å². The van der Waals surface area contributed by atoms with Gasteiger partial charge in [0, 0.05) is 28.3 Å². The monoisotopic (exact) mass is 381 g/mol. The van der Waals surface area contributed by atoms with Crippen LogP contribution < -0.4 is 10.6 Å². The van der Waals surface area contributed by atoms with Crippen molar-refractivity contribution in [3.8, 4) is 11.8 Å². The molecule has 3 aromatic carbocycles. The van der Waals surface area contributed by atoms with Crippen LogP contribution in [0.1, 0.15) is 0 Å². The summed E-state index contributed by atoms with van der Waals surface area (Å²) >= 11 is 5.70. The molecule has 1 amide bonds. The molecule has 0 aliphatic rings. The van der Waals surface area contributed by atoms with Crippen LogP contribution in [0, 0.1) is 17.1 Å². The van der Waals surface area contributed by atoms with Gasteiger partial charge in [-0.05, 0) is 30.3 Å². The van der Waals surface area contributed by atoms with E-state index in [-0.39, 0.29) is 16.3 Å². The molecule has 0 bridgehead atoms. The fraction of sp³-hybridized carbons (Fsp3) is 0. The molecule has 7 heteroatoms. The number of fused-ring (bicyclic) bond motifs is 1. The Kier molecular flexibility index (Phi) is 5.25. The molecule has 0 aliphatic carbocycles. The summed E-state index contributed by atoms with van der Waals surface area (Å²) in [6.45, 7) is 0. The zero-order valence-electron chi connectivity index (χ0n) is 13.8. The van der Waals surface area contributed by atoms with E-state index in [9.17, 15) is 19.6 Å². The lowest BCUT2D eigenvalue weighted by Crippen LogP contribution is -2.14. The lowest BCUT2D eigenvalue weighted by Gasteiger charge is -2.09. The third kappa shape index (κ3) is 4.00. The fourth-order valence-corrected chi connectivity index (χ4v) is 2.66. The molecule has 0 spiro atoms. The Morgan fingerprint density at radius 1 is 1.15 bits per heavy atom. The predicted octanol–water partition coefficient (Wildman–Crippen LogP) is 4.80. The molecule has 3 rings (SSSR count). The van der Waals surface area contributed by atoms with E-state index in [2.05, 4.69) is 10.6 Å². The number of phenolic OH excluding ortho intramolecular Hbond substituents is 1. The van der Waals surface area contributed by atoms with Gasteiger partial charge in [0.1, 0.15) is 23.2 Å². The van der Waals surface area contributed by atoms with Gasteiger partial charge in [-0.25, -0.2) is 4.39 Å². The van der Waals surface area contributed by atoms with E-state index in [0.717, 1.165) is 0 Å². The maximum absolute atomic E-state index is 13.2. The van der Waals surface area contributed by atoms with Gasteiger partial charge < -0.3 is 15.7 Å². The predicted molar refractivity (Wildman–Crippen MR) is 103 cm³/mol. The third-order valence-electron chi connectivity index (χ3n) is 3.82. The van der Waals surface area contributed by atoms with Crippen LogP contribution in [0.2, 0.25) is 5.02 Å². The normalized spacial score (nSPS) is 11.1. The second-order valence-electron chi connectivity index (χ2n) is 5.57. The largest absolute Gasteiger partial charge is 0.507 e. The van der Waals surface area contributed by atoms with Gasteiger partial charge in [-0.1, -0.05) is 35.9 Å². The number of phenols is 1. The van der Waals surface area contributed by atoms with E-state index < -0.39 is 11.7 Å². The number of hydrogen-bond acceptors (Lipinski definition) is 4. The molecule has 0 saturated carbocycles. The lowest BCUT2D eigenvalue weighted by atomic mass is 10.1. The molecule has 134 valence electrons. The van der Waals surface area contributed by atoms with Crippen LogP contribution in [0.4, 0.5) is 15.8 Å². The van der Waals surface area contributed by atoms with E-state index in [1.807, 2.05) is 6.07 Å². The van der Waals surface area contributed by atoms with Gasteiger partial charge >= 0.3 is 0 Å². The summed E-state index contributed by atoms with van der Waals surface area (Å²) < 4.78 is 13.2. The second-order valence-corrected chi connectivity index (χ2v) is 5.98. The van der Waals surface area contributed by atoms with Crippen LogP contribution in [0.3, 0.4) is 0 Å². The maximum atomic E-state index is 13.2. The summed E-state index contributed by atoms with van der Waals surface area (Å²) in [4.78, 5) is 12.4. The summed E-state index contributed by atoms with van der Waals surface area (Å²) in [6.07, 6.45) is 1.21. The first-order valence-electron chi connectivity index (χ1n) is 7.83. The number of anilines is 2. The summed E-state index contributed by atoms with van der Waals surface area (Å²) in [5.41, 5.74) is 0.698. The molecule has 0 unspecified atom stereocenters. The van der Waals surface area contributed by atoms with Crippen molar-refractivity contribution in [3.63, 3.8) is 0 Å². The standard InChI is InChI=1S/C20H13ClFN3O2/c21-16-9-13(7-8-17(16)22)24-11-12(10-23)20(27)25-18-5-1-4-15-14(18)3-2-6-19(15)26/h1-9,11,24,26H,(H,25,27)/b12-11-. The number of nitrogens with one attached hydrogen (secondary N) is 2. The van der Waals surface area contributed by atoms with Gasteiger partial charge in [0.05, 0.1) is 5.02 Å². The van der Waals surface area contributed by atoms with Gasteiger partial charge in [-0.15, -0.1) is 0 Å². The molecule has 5 nitrogen and oxygen atoms in total. The molecule has 0 fully saturated rings. The van der Waals surface area contributed by atoms with Gasteiger partial charge in [-0.2, -0.15) is 5.26 Å². The quantitative estimate of drug-likeness (QED) is 0.448. The summed E-state index contributed by atoms with van der Waals surface area (Å²) in [5.74, 6) is -1.10. The molecule has 0 radical (unpaired) electrons. The number of amides is 1. The van der Waals surface area contributed by atoms with Crippen molar-refractivity contribution in [1.82, 2.24) is 0 Å². The maximum Gasteiger partial charge on any atom is 0.267 e. The van der Waals surface area contributed by atoms with Crippen LogP contribution in [0.5, 0.6) is 5.75 Å². The molecule has 27 heavy (non-hydrogen) atoms. The minimum atomic E-state index is -0.631. The Bertz CT molecular complexity index is 1110. The molecular weight excluding hydrogens is 369 g/mol. The molecule has 0 aromatic heterocycles. The second kappa shape index (κ2) is 7.77. The van der Waals surface area contributed by atoms with Crippen molar-refractivity contribution in [1.29, 1.82) is 5.26 Å². The van der Waals surface area contributed by atoms with Gasteiger partial charge in [-0.3, -0.25) is 4.79 Å². The minimum absolute atomic E-state index is 0.0769. The van der Waals surface area contributed by atoms with Crippen molar-refractivity contribution < 1.29 is 14.3 Å². The van der Waals surface area contributed by atoms with Crippen LogP contribution in [-0.4, -0.2) is 11.0 Å². The first-order chi connectivity index (χ1) is 13.0. The number of halogens is 2. The summed E-state index contributed by atoms with van der Waals surface area (Å²) in [5, 5.41) is 25.7. The van der Waals surface area contributed by atoms with Crippen molar-refractivity contribution in [3.05, 3.63) is 77.2 Å². The topological polar surface area (TPSA) is 85.2 Å². The molecule has 3 N–H and O–H groups in total. The highest BCUT2D eigenvalue weighted by atomic mass is 35.5. The number of hydrogen-bond donors (Lipinski definition) is 3. The first kappa shape index (κ1) is 18.2. The Morgan fingerprint density at radius 2 is 1.89 bits per heavy atom. The van der Waals surface area contributed by atoms with Gasteiger partial charge in [0.15, 0.2) is 0 Å². The number of aromatic hydroxyl groups is 1. The van der Waals surface area contributed by atoms with E-state index in [1.165, 1.54) is 24.4 Å². The fourth-order valence-electron chi connectivity index (χ4n) is 2.48. The number of rotatable bonds is 4. The highest BCUT2D eigenvalue weighted by Crippen LogP contribution is 2.30. The SMILES string of the molecule is N#C/C(=C/Nc1ccc(F)c(Cl)c1)C(=O)Nc1cccc2c(O)cccc12. The van der Waals surface area contributed by atoms with E-state index in [0.29, 0.717) is 22.1 Å². The van der Waals surface area contributed by atoms with Crippen molar-refractivity contribution in [2.75, 3.05) is 10.6 Å². The van der Waals surface area contributed by atoms with E-state index >= 15 is 0 Å². The Hall–Kier alpha value is -3.56. The van der Waals surface area contributed by atoms with Crippen LogP contribution in [0.15, 0.2) is 66.4 Å². The van der Waals surface area contributed by atoms with Gasteiger partial charge in [0.25, 0.3) is 5.91 Å². The third-order valence-corrected chi connectivity index (χ3v) is 4.10. The Labute approximate surface area is 159 Å². The molecule has 0 saturated heterocycles. The minimum Gasteiger partial charge on any atom is -0.507 e. The smallest absolute Gasteiger partial charge is 0.267 e. The summed E-state index contributed by atoms with van der Waals surface area (Å²) in [6, 6.07) is 15.8. The number of nitriles is 1. The zero-order valence-corrected chi connectivity index (χ0v) is 14.6. The van der Waals surface area contributed by atoms with E-state index in [4.69, 9.17) is 11.6 Å². The average molecular weight is 382 g/mol. The van der Waals surface area contributed by atoms with Crippen molar-refractivity contribution in [2.24, 2.45) is 0 Å². The number of carbonyl (C=O) groups is 1. The molecular formula is C20H13ClFN3O2. The summed E-state index contributed by atoms with van der Waals surface area (Å²) in [7, 11) is 0. The molecule has 3 aromatic rings. The average Bonchev–Trinajstić information content (AvgIpc) is 2.66. The Morgan fingerprint density at radius 3 is 2.63 bits per heavy atom. The number of benzene rings is 3. The highest BCUT2D eigenvalue weighted by Gasteiger charge is 2.12. The lowest BCUT2D eigenvalue weighted by molar-refractivity contribution is -0.112. The van der Waals surface area contributed by atoms with Crippen LogP contribution in [-0.2, 0) is 4.79 Å². The Balaban J connectivity index is 1.83. The molecule has 0 heterocycles. The van der Waals surface area contributed by atoms with Crippen LogP contribution in [0.25, 0.3) is 10.8 Å². The first-order valence-corrected chi connectivity index (χ1v) is 8.21. The van der Waals surface area contributed by atoms with E-state index in [1.54, 1.807) is 36.4 Å². The zero-order chi connectivity index (χ0) is 19.4. The van der Waals surface area contributed by atoms with Crippen molar-refractivity contribution >= 4 is 39.7 Å². The number of nitrogens with zero attached hydrogens (tertiary/aromatic N) is 1.